The molecule has 3 saturated carbocycles. The summed E-state index contributed by atoms with van der Waals surface area (Å²) >= 11 is 0. The summed E-state index contributed by atoms with van der Waals surface area (Å²) in [6, 6.07) is 15.2. The molecule has 0 aromatic heterocycles. The Morgan fingerprint density at radius 1 is 1.17 bits per heavy atom. The van der Waals surface area contributed by atoms with Crippen molar-refractivity contribution < 1.29 is 19.0 Å². The van der Waals surface area contributed by atoms with Crippen molar-refractivity contribution in [3.63, 3.8) is 0 Å². The highest BCUT2D eigenvalue weighted by Gasteiger charge is 2.80. The van der Waals surface area contributed by atoms with E-state index < -0.39 is 5.60 Å². The smallest absolute Gasteiger partial charge is 0.221 e. The molecule has 2 heterocycles. The number of likely N-dealkylation sites (tertiary alicyclic amines) is 1. The fourth-order valence-electron chi connectivity index (χ4n) is 9.22. The van der Waals surface area contributed by atoms with Crippen LogP contribution in [0.15, 0.2) is 42.5 Å². The first-order chi connectivity index (χ1) is 17.4. The van der Waals surface area contributed by atoms with Crippen LogP contribution in [0.25, 0.3) is 0 Å². The number of hydrogen-bond donors (Lipinski definition) is 1. The Hall–Kier alpha value is -2.41. The van der Waals surface area contributed by atoms with Crippen molar-refractivity contribution in [1.82, 2.24) is 4.90 Å². The number of piperidine rings is 1. The fourth-order valence-corrected chi connectivity index (χ4v) is 9.22. The number of nitrogens with one attached hydrogen (secondary N) is 1. The van der Waals surface area contributed by atoms with Crippen molar-refractivity contribution in [2.75, 3.05) is 32.6 Å². The van der Waals surface area contributed by atoms with Crippen molar-refractivity contribution in [3.8, 4) is 5.75 Å². The molecule has 4 fully saturated rings. The Kier molecular flexibility index (Phi) is 4.93. The Morgan fingerprint density at radius 3 is 2.78 bits per heavy atom. The molecule has 0 radical (unpaired) electrons. The highest BCUT2D eigenvalue weighted by molar-refractivity contribution is 5.91. The predicted molar refractivity (Wildman–Crippen MR) is 137 cm³/mol. The van der Waals surface area contributed by atoms with E-state index in [4.69, 9.17) is 14.2 Å². The molecule has 6 heteroatoms. The Morgan fingerprint density at radius 2 is 2.00 bits per heavy atom. The number of hydrogen-bond acceptors (Lipinski definition) is 5. The highest BCUT2D eigenvalue weighted by atomic mass is 16.6. The van der Waals surface area contributed by atoms with Crippen LogP contribution in [0.5, 0.6) is 5.75 Å². The van der Waals surface area contributed by atoms with Gasteiger partial charge in [-0.2, -0.15) is 0 Å². The number of likely N-dealkylation sites (N-methyl/N-ethyl adjacent to an activating group) is 1. The summed E-state index contributed by atoms with van der Waals surface area (Å²) in [5, 5.41) is 3.06. The molecule has 1 saturated heterocycles. The molecule has 36 heavy (non-hydrogen) atoms. The van der Waals surface area contributed by atoms with Gasteiger partial charge in [0.05, 0.1) is 18.9 Å². The van der Waals surface area contributed by atoms with Crippen LogP contribution in [0.4, 0.5) is 5.69 Å². The molecule has 2 aromatic rings. The quantitative estimate of drug-likeness (QED) is 0.657. The standard InChI is InChI=1S/C30H36N2O4/c1-19(33)31-23-10-9-21-15-24-28-11-12-30(34-3,22(16-28)18-35-17-20-7-5-4-6-8-20)27-29(28,13-14-32(24)2)25(21)26(23)36-27/h4-10,22,24,27H,11-18H2,1-3H3,(H,31,33)/t22-,24-,27-,28?,29?,30?/m1/s1. The summed E-state index contributed by atoms with van der Waals surface area (Å²) in [4.78, 5) is 14.7. The van der Waals surface area contributed by atoms with Crippen molar-refractivity contribution in [1.29, 1.82) is 0 Å². The Balaban J connectivity index is 1.33. The third-order valence-electron chi connectivity index (χ3n) is 10.5. The van der Waals surface area contributed by atoms with Gasteiger partial charge in [-0.25, -0.2) is 0 Å². The number of carbonyl (C=O) groups is 1. The SMILES string of the molecule is COC12CCC3(C[C@@H]1COCc1ccccc1)[C@H]1Cc4ccc(NC(C)=O)c5c4C3(CCN1C)[C@H]2O5. The molecule has 2 spiro atoms. The lowest BCUT2D eigenvalue weighted by molar-refractivity contribution is -0.282. The van der Waals surface area contributed by atoms with Gasteiger partial charge in [-0.05, 0) is 62.9 Å². The molecule has 1 amide bonds. The minimum absolute atomic E-state index is 0.0643. The maximum atomic E-state index is 12.1. The van der Waals surface area contributed by atoms with Crippen molar-refractivity contribution in [2.24, 2.45) is 11.3 Å². The Bertz CT molecular complexity index is 1220. The van der Waals surface area contributed by atoms with Crippen molar-refractivity contribution >= 4 is 11.6 Å². The van der Waals surface area contributed by atoms with Crippen molar-refractivity contribution in [3.05, 3.63) is 59.2 Å². The zero-order valence-electron chi connectivity index (χ0n) is 21.5. The lowest BCUT2D eigenvalue weighted by Gasteiger charge is -2.73. The van der Waals surface area contributed by atoms with Crippen LogP contribution >= 0.6 is 0 Å². The normalized spacial score (nSPS) is 37.4. The van der Waals surface area contributed by atoms with Gasteiger partial charge in [0.25, 0.3) is 0 Å². The first-order valence-corrected chi connectivity index (χ1v) is 13.4. The van der Waals surface area contributed by atoms with E-state index in [0.717, 1.165) is 50.1 Å². The monoisotopic (exact) mass is 488 g/mol. The molecular formula is C30H36N2O4. The van der Waals surface area contributed by atoms with Crippen molar-refractivity contribution in [2.45, 2.75) is 68.8 Å². The van der Waals surface area contributed by atoms with Gasteiger partial charge in [0, 0.05) is 42.4 Å². The number of methoxy groups -OCH3 is 1. The van der Waals surface area contributed by atoms with E-state index in [-0.39, 0.29) is 28.8 Å². The summed E-state index contributed by atoms with van der Waals surface area (Å²) < 4.78 is 20.0. The molecule has 6 aliphatic rings. The first kappa shape index (κ1) is 22.8. The first-order valence-electron chi connectivity index (χ1n) is 13.4. The number of nitrogens with zero attached hydrogens (tertiary/aromatic N) is 1. The van der Waals surface area contributed by atoms with Crippen LogP contribution in [-0.2, 0) is 32.7 Å². The largest absolute Gasteiger partial charge is 0.484 e. The average Bonchev–Trinajstić information content (AvgIpc) is 3.25. The topological polar surface area (TPSA) is 60.0 Å². The van der Waals surface area contributed by atoms with Crippen LogP contribution in [0, 0.1) is 11.3 Å². The molecule has 4 bridgehead atoms. The van der Waals surface area contributed by atoms with Gasteiger partial charge in [0.1, 0.15) is 17.5 Å². The minimum Gasteiger partial charge on any atom is -0.484 e. The number of amides is 1. The molecule has 6 atom stereocenters. The summed E-state index contributed by atoms with van der Waals surface area (Å²) in [6.45, 7) is 3.91. The van der Waals surface area contributed by atoms with E-state index in [2.05, 4.69) is 47.6 Å². The molecule has 2 aliphatic heterocycles. The van der Waals surface area contributed by atoms with Gasteiger partial charge >= 0.3 is 0 Å². The zero-order chi connectivity index (χ0) is 24.7. The second-order valence-corrected chi connectivity index (χ2v) is 11.8. The average molecular weight is 489 g/mol. The lowest BCUT2D eigenvalue weighted by Crippen LogP contribution is -2.81. The van der Waals surface area contributed by atoms with Crippen LogP contribution < -0.4 is 10.1 Å². The summed E-state index contributed by atoms with van der Waals surface area (Å²) in [5.41, 5.74) is 4.40. The molecule has 2 aromatic carbocycles. The van der Waals surface area contributed by atoms with E-state index >= 15 is 0 Å². The van der Waals surface area contributed by atoms with Gasteiger partial charge in [0.2, 0.25) is 5.91 Å². The third-order valence-corrected chi connectivity index (χ3v) is 10.5. The predicted octanol–water partition coefficient (Wildman–Crippen LogP) is 4.31. The van der Waals surface area contributed by atoms with Gasteiger partial charge in [-0.3, -0.25) is 4.79 Å². The second-order valence-electron chi connectivity index (χ2n) is 11.8. The lowest BCUT2D eigenvalue weighted by atomic mass is 9.35. The molecule has 3 unspecified atom stereocenters. The summed E-state index contributed by atoms with van der Waals surface area (Å²) in [5.74, 6) is 1.09. The van der Waals surface area contributed by atoms with Crippen LogP contribution in [-0.4, -0.2) is 55.9 Å². The fraction of sp³-hybridized carbons (Fsp3) is 0.567. The number of rotatable bonds is 6. The minimum atomic E-state index is -0.403. The van der Waals surface area contributed by atoms with E-state index in [0.29, 0.717) is 19.3 Å². The van der Waals surface area contributed by atoms with Crippen LogP contribution in [0.2, 0.25) is 0 Å². The number of ether oxygens (including phenoxy) is 3. The van der Waals surface area contributed by atoms with Gasteiger partial charge in [-0.1, -0.05) is 36.4 Å². The van der Waals surface area contributed by atoms with E-state index in [1.54, 1.807) is 6.92 Å². The zero-order valence-corrected chi connectivity index (χ0v) is 21.5. The highest BCUT2D eigenvalue weighted by Crippen LogP contribution is 2.76. The van der Waals surface area contributed by atoms with Gasteiger partial charge in [0.15, 0.2) is 0 Å². The maximum absolute atomic E-state index is 12.1. The van der Waals surface area contributed by atoms with E-state index in [1.807, 2.05) is 19.2 Å². The van der Waals surface area contributed by atoms with Crippen LogP contribution in [0.1, 0.15) is 49.3 Å². The maximum Gasteiger partial charge on any atom is 0.221 e. The van der Waals surface area contributed by atoms with E-state index in [9.17, 15) is 4.79 Å². The number of anilines is 1. The van der Waals surface area contributed by atoms with Gasteiger partial charge < -0.3 is 24.4 Å². The third kappa shape index (κ3) is 2.70. The summed E-state index contributed by atoms with van der Waals surface area (Å²) in [7, 11) is 4.18. The number of carbonyl (C=O) groups excluding carboxylic acids is 1. The van der Waals surface area contributed by atoms with E-state index in [1.165, 1.54) is 16.7 Å². The number of fused-ring (bicyclic) bond motifs is 2. The summed E-state index contributed by atoms with van der Waals surface area (Å²) in [6.07, 6.45) is 5.26. The molecule has 190 valence electrons. The molecular weight excluding hydrogens is 452 g/mol. The molecule has 8 rings (SSSR count). The molecule has 4 aliphatic carbocycles. The second kappa shape index (κ2) is 7.80. The number of benzene rings is 2. The Labute approximate surface area is 213 Å². The molecule has 1 N–H and O–H groups in total. The van der Waals surface area contributed by atoms with Crippen LogP contribution in [0.3, 0.4) is 0 Å². The molecule has 6 nitrogen and oxygen atoms in total. The van der Waals surface area contributed by atoms with Gasteiger partial charge in [-0.15, -0.1) is 0 Å².